The summed E-state index contributed by atoms with van der Waals surface area (Å²) in [5, 5.41) is 3.27. The van der Waals surface area contributed by atoms with E-state index in [1.54, 1.807) is 0 Å². The Balaban J connectivity index is 2.04. The normalized spacial score (nSPS) is 10.7. The smallest absolute Gasteiger partial charge is 0.125 e. The molecule has 1 aromatic rings. The lowest BCUT2D eigenvalue weighted by Gasteiger charge is -2.06. The quantitative estimate of drug-likeness (QED) is 0.559. The number of aromatic nitrogens is 1. The van der Waals surface area contributed by atoms with E-state index in [0.717, 1.165) is 31.0 Å². The molecule has 1 N–H and O–H groups in total. The summed E-state index contributed by atoms with van der Waals surface area (Å²) in [6.07, 6.45) is 10.9. The zero-order chi connectivity index (χ0) is 14.5. The predicted octanol–water partition coefficient (Wildman–Crippen LogP) is 4.78. The van der Waals surface area contributed by atoms with E-state index < -0.39 is 0 Å². The van der Waals surface area contributed by atoms with Crippen LogP contribution in [0.5, 0.6) is 0 Å². The summed E-state index contributed by atoms with van der Waals surface area (Å²) >= 11 is 0. The molecule has 0 aromatic carbocycles. The van der Waals surface area contributed by atoms with Gasteiger partial charge in [-0.25, -0.2) is 4.98 Å². The molecule has 1 rings (SSSR count). The van der Waals surface area contributed by atoms with Gasteiger partial charge in [0.05, 0.1) is 6.61 Å². The number of nitrogens with zero attached hydrogens (tertiary/aromatic N) is 1. The Labute approximate surface area is 124 Å². The SMILES string of the molecule is CCCCCCCCOCc1ccc(NCCC)nc1. The van der Waals surface area contributed by atoms with Gasteiger partial charge in [-0.15, -0.1) is 0 Å². The lowest BCUT2D eigenvalue weighted by atomic mass is 10.1. The summed E-state index contributed by atoms with van der Waals surface area (Å²) in [7, 11) is 0. The van der Waals surface area contributed by atoms with Crippen LogP contribution in [0.3, 0.4) is 0 Å². The van der Waals surface area contributed by atoms with Crippen LogP contribution in [0.25, 0.3) is 0 Å². The highest BCUT2D eigenvalue weighted by Gasteiger charge is 1.96. The van der Waals surface area contributed by atoms with Gasteiger partial charge in [0.2, 0.25) is 0 Å². The van der Waals surface area contributed by atoms with Crippen molar-refractivity contribution < 1.29 is 4.74 Å². The van der Waals surface area contributed by atoms with Gasteiger partial charge in [0.25, 0.3) is 0 Å². The van der Waals surface area contributed by atoms with Crippen LogP contribution >= 0.6 is 0 Å². The molecule has 114 valence electrons. The summed E-state index contributed by atoms with van der Waals surface area (Å²) < 4.78 is 5.69. The first-order valence-corrected chi connectivity index (χ1v) is 8.13. The van der Waals surface area contributed by atoms with E-state index in [2.05, 4.69) is 30.2 Å². The topological polar surface area (TPSA) is 34.1 Å². The van der Waals surface area contributed by atoms with Crippen molar-refractivity contribution in [1.82, 2.24) is 4.98 Å². The maximum Gasteiger partial charge on any atom is 0.125 e. The molecule has 0 saturated carbocycles. The summed E-state index contributed by atoms with van der Waals surface area (Å²) in [6, 6.07) is 4.12. The molecule has 0 spiro atoms. The summed E-state index contributed by atoms with van der Waals surface area (Å²) in [6.45, 7) is 6.91. The fraction of sp³-hybridized carbons (Fsp3) is 0.706. The number of hydrogen-bond donors (Lipinski definition) is 1. The van der Waals surface area contributed by atoms with Gasteiger partial charge in [-0.2, -0.15) is 0 Å². The number of hydrogen-bond acceptors (Lipinski definition) is 3. The third-order valence-corrected chi connectivity index (χ3v) is 3.29. The number of rotatable bonds is 12. The summed E-state index contributed by atoms with van der Waals surface area (Å²) in [5.74, 6) is 0.950. The van der Waals surface area contributed by atoms with E-state index in [-0.39, 0.29) is 0 Å². The maximum absolute atomic E-state index is 5.69. The number of nitrogens with one attached hydrogen (secondary N) is 1. The Bertz CT molecular complexity index is 324. The van der Waals surface area contributed by atoms with Crippen molar-refractivity contribution in [3.8, 4) is 0 Å². The van der Waals surface area contributed by atoms with Gasteiger partial charge in [0, 0.05) is 19.3 Å². The number of unbranched alkanes of at least 4 members (excludes halogenated alkanes) is 5. The first-order valence-electron chi connectivity index (χ1n) is 8.13. The van der Waals surface area contributed by atoms with Gasteiger partial charge >= 0.3 is 0 Å². The van der Waals surface area contributed by atoms with Crippen molar-refractivity contribution in [1.29, 1.82) is 0 Å². The van der Waals surface area contributed by atoms with Crippen molar-refractivity contribution in [3.63, 3.8) is 0 Å². The standard InChI is InChI=1S/C17H30N2O/c1-3-5-6-7-8-9-13-20-15-16-10-11-17(19-14-16)18-12-4-2/h10-11,14H,3-9,12-13,15H2,1-2H3,(H,18,19). The van der Waals surface area contributed by atoms with Crippen molar-refractivity contribution in [2.45, 2.75) is 65.4 Å². The van der Waals surface area contributed by atoms with Crippen LogP contribution in [-0.4, -0.2) is 18.1 Å². The molecular formula is C17H30N2O. The average molecular weight is 278 g/mol. The first kappa shape index (κ1) is 17.0. The van der Waals surface area contributed by atoms with Crippen molar-refractivity contribution in [2.24, 2.45) is 0 Å². The Morgan fingerprint density at radius 2 is 1.80 bits per heavy atom. The zero-order valence-electron chi connectivity index (χ0n) is 13.2. The molecular weight excluding hydrogens is 248 g/mol. The molecule has 0 unspecified atom stereocenters. The van der Waals surface area contributed by atoms with Crippen molar-refractivity contribution >= 4 is 5.82 Å². The van der Waals surface area contributed by atoms with Crippen LogP contribution in [-0.2, 0) is 11.3 Å². The maximum atomic E-state index is 5.69. The lowest BCUT2D eigenvalue weighted by molar-refractivity contribution is 0.116. The summed E-state index contributed by atoms with van der Waals surface area (Å²) in [5.41, 5.74) is 1.15. The molecule has 0 aliphatic heterocycles. The van der Waals surface area contributed by atoms with Crippen LogP contribution in [0, 0.1) is 0 Å². The molecule has 3 heteroatoms. The Kier molecular flexibility index (Phi) is 9.93. The van der Waals surface area contributed by atoms with Crippen molar-refractivity contribution in [2.75, 3.05) is 18.5 Å². The molecule has 0 aliphatic carbocycles. The average Bonchev–Trinajstić information content (AvgIpc) is 2.49. The second kappa shape index (κ2) is 11.7. The van der Waals surface area contributed by atoms with Gasteiger partial charge in [-0.3, -0.25) is 0 Å². The van der Waals surface area contributed by atoms with E-state index in [0.29, 0.717) is 6.61 Å². The van der Waals surface area contributed by atoms with Crippen LogP contribution in [0.1, 0.15) is 64.4 Å². The van der Waals surface area contributed by atoms with E-state index in [1.807, 2.05) is 12.3 Å². The number of ether oxygens (including phenoxy) is 1. The lowest BCUT2D eigenvalue weighted by Crippen LogP contribution is -2.02. The minimum atomic E-state index is 0.677. The van der Waals surface area contributed by atoms with Gasteiger partial charge < -0.3 is 10.1 Å². The van der Waals surface area contributed by atoms with Crippen LogP contribution in [0.4, 0.5) is 5.82 Å². The van der Waals surface area contributed by atoms with Crippen LogP contribution in [0.15, 0.2) is 18.3 Å². The predicted molar refractivity (Wildman–Crippen MR) is 86.0 cm³/mol. The number of pyridine rings is 1. The molecule has 0 radical (unpaired) electrons. The van der Waals surface area contributed by atoms with E-state index in [1.165, 1.54) is 38.5 Å². The molecule has 20 heavy (non-hydrogen) atoms. The highest BCUT2D eigenvalue weighted by molar-refractivity contribution is 5.35. The Hall–Kier alpha value is -1.09. The fourth-order valence-corrected chi connectivity index (χ4v) is 2.04. The van der Waals surface area contributed by atoms with Crippen LogP contribution in [0.2, 0.25) is 0 Å². The number of anilines is 1. The van der Waals surface area contributed by atoms with E-state index >= 15 is 0 Å². The molecule has 0 aliphatic rings. The Morgan fingerprint density at radius 1 is 1.00 bits per heavy atom. The molecule has 1 heterocycles. The molecule has 0 saturated heterocycles. The first-order chi connectivity index (χ1) is 9.86. The molecule has 0 amide bonds. The zero-order valence-corrected chi connectivity index (χ0v) is 13.2. The molecule has 0 fully saturated rings. The van der Waals surface area contributed by atoms with E-state index in [9.17, 15) is 0 Å². The Morgan fingerprint density at radius 3 is 2.50 bits per heavy atom. The molecule has 1 aromatic heterocycles. The van der Waals surface area contributed by atoms with Gasteiger partial charge in [0.1, 0.15) is 5.82 Å². The molecule has 0 bridgehead atoms. The monoisotopic (exact) mass is 278 g/mol. The van der Waals surface area contributed by atoms with Crippen LogP contribution < -0.4 is 5.32 Å². The third-order valence-electron chi connectivity index (χ3n) is 3.29. The second-order valence-electron chi connectivity index (χ2n) is 5.30. The van der Waals surface area contributed by atoms with E-state index in [4.69, 9.17) is 4.74 Å². The van der Waals surface area contributed by atoms with Gasteiger partial charge in [0.15, 0.2) is 0 Å². The minimum Gasteiger partial charge on any atom is -0.377 e. The third kappa shape index (κ3) is 8.16. The van der Waals surface area contributed by atoms with Gasteiger partial charge in [-0.1, -0.05) is 52.0 Å². The fourth-order valence-electron chi connectivity index (χ4n) is 2.04. The summed E-state index contributed by atoms with van der Waals surface area (Å²) in [4.78, 5) is 4.37. The van der Waals surface area contributed by atoms with Gasteiger partial charge in [-0.05, 0) is 24.5 Å². The largest absolute Gasteiger partial charge is 0.377 e. The molecule has 3 nitrogen and oxygen atoms in total. The second-order valence-corrected chi connectivity index (χ2v) is 5.30. The highest BCUT2D eigenvalue weighted by Crippen LogP contribution is 2.08. The minimum absolute atomic E-state index is 0.677. The highest BCUT2D eigenvalue weighted by atomic mass is 16.5. The molecule has 0 atom stereocenters. The van der Waals surface area contributed by atoms with Crippen molar-refractivity contribution in [3.05, 3.63) is 23.9 Å².